The number of pyridine rings is 1. The molecule has 0 aliphatic rings. The van der Waals surface area contributed by atoms with Crippen molar-refractivity contribution in [3.63, 3.8) is 0 Å². The molecule has 0 saturated heterocycles. The summed E-state index contributed by atoms with van der Waals surface area (Å²) in [5, 5.41) is 4.20. The van der Waals surface area contributed by atoms with Gasteiger partial charge in [-0.15, -0.1) is 0 Å². The van der Waals surface area contributed by atoms with Crippen molar-refractivity contribution in [3.05, 3.63) is 58.7 Å². The third kappa shape index (κ3) is 3.94. The molecule has 2 rings (SSSR count). The lowest BCUT2D eigenvalue weighted by atomic mass is 10.1. The maximum Gasteiger partial charge on any atom is 0.212 e. The number of rotatable bonds is 5. The van der Waals surface area contributed by atoms with Gasteiger partial charge >= 0.3 is 0 Å². The Morgan fingerprint density at radius 3 is 2.79 bits per heavy atom. The van der Waals surface area contributed by atoms with Gasteiger partial charge in [0.15, 0.2) is 0 Å². The summed E-state index contributed by atoms with van der Waals surface area (Å²) in [5.41, 5.74) is 2.30. The van der Waals surface area contributed by atoms with Crippen LogP contribution >= 0.6 is 11.6 Å². The Labute approximate surface area is 118 Å². The van der Waals surface area contributed by atoms with E-state index in [9.17, 15) is 0 Å². The van der Waals surface area contributed by atoms with Crippen LogP contribution in [-0.2, 0) is 6.54 Å². The maximum atomic E-state index is 5.99. The predicted molar refractivity (Wildman–Crippen MR) is 77.5 cm³/mol. The summed E-state index contributed by atoms with van der Waals surface area (Å²) >= 11 is 5.99. The first-order valence-corrected chi connectivity index (χ1v) is 6.54. The summed E-state index contributed by atoms with van der Waals surface area (Å²) in [4.78, 5) is 4.18. The summed E-state index contributed by atoms with van der Waals surface area (Å²) in [7, 11) is 1.61. The lowest BCUT2D eigenvalue weighted by Gasteiger charge is -2.14. The van der Waals surface area contributed by atoms with Gasteiger partial charge in [-0.3, -0.25) is 0 Å². The van der Waals surface area contributed by atoms with Gasteiger partial charge in [0.25, 0.3) is 0 Å². The molecule has 1 aromatic heterocycles. The van der Waals surface area contributed by atoms with E-state index in [2.05, 4.69) is 23.3 Å². The Balaban J connectivity index is 1.94. The molecule has 0 fully saturated rings. The molecule has 0 aliphatic heterocycles. The minimum atomic E-state index is 0.237. The van der Waals surface area contributed by atoms with Gasteiger partial charge in [0, 0.05) is 29.9 Å². The highest BCUT2D eigenvalue weighted by atomic mass is 35.5. The minimum Gasteiger partial charge on any atom is -0.481 e. The van der Waals surface area contributed by atoms with E-state index in [1.807, 2.05) is 36.5 Å². The zero-order valence-corrected chi connectivity index (χ0v) is 11.8. The number of ether oxygens (including phenoxy) is 1. The molecule has 0 saturated carbocycles. The van der Waals surface area contributed by atoms with Crippen molar-refractivity contribution in [3.8, 4) is 5.88 Å². The number of nitrogens with zero attached hydrogens (tertiary/aromatic N) is 1. The molecule has 1 N–H and O–H groups in total. The largest absolute Gasteiger partial charge is 0.481 e. The summed E-state index contributed by atoms with van der Waals surface area (Å²) < 4.78 is 5.03. The van der Waals surface area contributed by atoms with Crippen LogP contribution in [0.2, 0.25) is 5.02 Å². The van der Waals surface area contributed by atoms with E-state index in [0.29, 0.717) is 5.88 Å². The number of nitrogens with one attached hydrogen (secondary N) is 1. The van der Waals surface area contributed by atoms with Gasteiger partial charge in [0.2, 0.25) is 5.88 Å². The molecular formula is C15H17ClN2O. The smallest absolute Gasteiger partial charge is 0.212 e. The highest BCUT2D eigenvalue weighted by molar-refractivity contribution is 6.30. The fourth-order valence-corrected chi connectivity index (χ4v) is 2.00. The number of hydrogen-bond donors (Lipinski definition) is 1. The van der Waals surface area contributed by atoms with Gasteiger partial charge in [-0.05, 0) is 30.2 Å². The SMILES string of the molecule is COc1ccc(CN[C@H](C)c2cccc(Cl)c2)cn1. The Bertz CT molecular complexity index is 528. The third-order valence-corrected chi connectivity index (χ3v) is 3.20. The van der Waals surface area contributed by atoms with Crippen LogP contribution in [0.4, 0.5) is 0 Å². The number of aromatic nitrogens is 1. The summed E-state index contributed by atoms with van der Waals surface area (Å²) in [6, 6.07) is 12.0. The molecule has 100 valence electrons. The molecule has 0 bridgehead atoms. The number of methoxy groups -OCH3 is 1. The van der Waals surface area contributed by atoms with Crippen LogP contribution in [0.3, 0.4) is 0 Å². The first-order chi connectivity index (χ1) is 9.19. The summed E-state index contributed by atoms with van der Waals surface area (Å²) in [6.07, 6.45) is 1.82. The molecule has 1 atom stereocenters. The molecule has 2 aromatic rings. The van der Waals surface area contributed by atoms with Crippen LogP contribution in [0.15, 0.2) is 42.6 Å². The lowest BCUT2D eigenvalue weighted by molar-refractivity contribution is 0.397. The standard InChI is InChI=1S/C15H17ClN2O/c1-11(13-4-3-5-14(16)8-13)17-9-12-6-7-15(19-2)18-10-12/h3-8,10-11,17H,9H2,1-2H3/t11-/m1/s1. The summed E-state index contributed by atoms with van der Waals surface area (Å²) in [6.45, 7) is 2.87. The quantitative estimate of drug-likeness (QED) is 0.906. The van der Waals surface area contributed by atoms with E-state index in [4.69, 9.17) is 16.3 Å². The van der Waals surface area contributed by atoms with Crippen molar-refractivity contribution >= 4 is 11.6 Å². The van der Waals surface area contributed by atoms with E-state index in [-0.39, 0.29) is 6.04 Å². The molecule has 3 nitrogen and oxygen atoms in total. The highest BCUT2D eigenvalue weighted by Crippen LogP contribution is 2.17. The van der Waals surface area contributed by atoms with Gasteiger partial charge < -0.3 is 10.1 Å². The summed E-state index contributed by atoms with van der Waals surface area (Å²) in [5.74, 6) is 0.631. The molecule has 19 heavy (non-hydrogen) atoms. The first-order valence-electron chi connectivity index (χ1n) is 6.17. The minimum absolute atomic E-state index is 0.237. The fraction of sp³-hybridized carbons (Fsp3) is 0.267. The molecule has 0 radical (unpaired) electrons. The normalized spacial score (nSPS) is 12.2. The van der Waals surface area contributed by atoms with Crippen molar-refractivity contribution in [1.29, 1.82) is 0 Å². The van der Waals surface area contributed by atoms with Crippen molar-refractivity contribution in [2.24, 2.45) is 0 Å². The number of hydrogen-bond acceptors (Lipinski definition) is 3. The van der Waals surface area contributed by atoms with E-state index < -0.39 is 0 Å². The first kappa shape index (κ1) is 13.8. The Morgan fingerprint density at radius 1 is 1.32 bits per heavy atom. The van der Waals surface area contributed by atoms with E-state index in [0.717, 1.165) is 17.1 Å². The van der Waals surface area contributed by atoms with Crippen molar-refractivity contribution in [2.45, 2.75) is 19.5 Å². The number of halogens is 1. The topological polar surface area (TPSA) is 34.1 Å². The Hall–Kier alpha value is -1.58. The van der Waals surface area contributed by atoms with E-state index in [1.165, 1.54) is 5.56 Å². The zero-order chi connectivity index (χ0) is 13.7. The van der Waals surface area contributed by atoms with Crippen molar-refractivity contribution in [1.82, 2.24) is 10.3 Å². The predicted octanol–water partition coefficient (Wildman–Crippen LogP) is 3.59. The molecule has 4 heteroatoms. The van der Waals surface area contributed by atoms with Crippen LogP contribution in [-0.4, -0.2) is 12.1 Å². The van der Waals surface area contributed by atoms with Gasteiger partial charge in [-0.25, -0.2) is 4.98 Å². The molecule has 1 aromatic carbocycles. The average molecular weight is 277 g/mol. The Kier molecular flexibility index (Phi) is 4.77. The average Bonchev–Trinajstić information content (AvgIpc) is 2.45. The third-order valence-electron chi connectivity index (χ3n) is 2.97. The second kappa shape index (κ2) is 6.55. The second-order valence-corrected chi connectivity index (χ2v) is 4.80. The van der Waals surface area contributed by atoms with Crippen molar-refractivity contribution in [2.75, 3.05) is 7.11 Å². The lowest BCUT2D eigenvalue weighted by Crippen LogP contribution is -2.18. The van der Waals surface area contributed by atoms with Crippen molar-refractivity contribution < 1.29 is 4.74 Å². The van der Waals surface area contributed by atoms with Gasteiger partial charge in [0.1, 0.15) is 0 Å². The monoisotopic (exact) mass is 276 g/mol. The number of benzene rings is 1. The molecule has 0 unspecified atom stereocenters. The molecule has 0 amide bonds. The fourth-order valence-electron chi connectivity index (χ4n) is 1.80. The van der Waals surface area contributed by atoms with Crippen LogP contribution in [0.1, 0.15) is 24.1 Å². The van der Waals surface area contributed by atoms with Gasteiger partial charge in [-0.1, -0.05) is 29.8 Å². The van der Waals surface area contributed by atoms with Gasteiger partial charge in [0.05, 0.1) is 7.11 Å². The Morgan fingerprint density at radius 2 is 2.16 bits per heavy atom. The van der Waals surface area contributed by atoms with E-state index in [1.54, 1.807) is 7.11 Å². The van der Waals surface area contributed by atoms with Crippen LogP contribution in [0, 0.1) is 0 Å². The molecule has 0 spiro atoms. The zero-order valence-electron chi connectivity index (χ0n) is 11.1. The van der Waals surface area contributed by atoms with Crippen LogP contribution in [0.25, 0.3) is 0 Å². The highest BCUT2D eigenvalue weighted by Gasteiger charge is 2.05. The van der Waals surface area contributed by atoms with E-state index >= 15 is 0 Å². The molecule has 1 heterocycles. The second-order valence-electron chi connectivity index (χ2n) is 4.37. The van der Waals surface area contributed by atoms with Crippen LogP contribution in [0.5, 0.6) is 5.88 Å². The van der Waals surface area contributed by atoms with Gasteiger partial charge in [-0.2, -0.15) is 0 Å². The molecular weight excluding hydrogens is 260 g/mol. The van der Waals surface area contributed by atoms with Crippen LogP contribution < -0.4 is 10.1 Å². The maximum absolute atomic E-state index is 5.99. The molecule has 0 aliphatic carbocycles.